The first kappa shape index (κ1) is 11.6. The van der Waals surface area contributed by atoms with Gasteiger partial charge in [0.15, 0.2) is 5.82 Å². The van der Waals surface area contributed by atoms with Crippen molar-refractivity contribution in [1.29, 1.82) is 0 Å². The molecule has 0 atom stereocenters. The average Bonchev–Trinajstić information content (AvgIpc) is 2.33. The van der Waals surface area contributed by atoms with E-state index in [0.717, 1.165) is 0 Å². The minimum atomic E-state index is -0.411. The number of aromatic amines is 1. The zero-order chi connectivity index (χ0) is 12.4. The number of hydrogen-bond donors (Lipinski definition) is 1. The number of H-pyrrole nitrogens is 1. The molecule has 1 aromatic heterocycles. The summed E-state index contributed by atoms with van der Waals surface area (Å²) in [6.45, 7) is 0. The van der Waals surface area contributed by atoms with Gasteiger partial charge in [-0.05, 0) is 24.3 Å². The van der Waals surface area contributed by atoms with Crippen LogP contribution in [0.5, 0.6) is 0 Å². The molecule has 0 amide bonds. The molecule has 0 bridgehead atoms. The fourth-order valence-electron chi connectivity index (χ4n) is 1.39. The summed E-state index contributed by atoms with van der Waals surface area (Å²) in [4.78, 5) is 19.3. The molecule has 0 fully saturated rings. The molecule has 2 aromatic rings. The molecule has 0 saturated heterocycles. The maximum Gasteiger partial charge on any atom is 0.271 e. The SMILES string of the molecule is CN(c1ccc(F)cc1)c1nc[nH]c(=O)c1Cl. The van der Waals surface area contributed by atoms with Crippen molar-refractivity contribution in [2.75, 3.05) is 11.9 Å². The van der Waals surface area contributed by atoms with Gasteiger partial charge in [-0.2, -0.15) is 0 Å². The van der Waals surface area contributed by atoms with Gasteiger partial charge in [-0.1, -0.05) is 11.6 Å². The molecule has 1 aromatic carbocycles. The first-order chi connectivity index (χ1) is 8.09. The molecule has 0 spiro atoms. The number of aromatic nitrogens is 2. The second kappa shape index (κ2) is 4.55. The topological polar surface area (TPSA) is 49.0 Å². The molecular weight excluding hydrogens is 245 g/mol. The summed E-state index contributed by atoms with van der Waals surface area (Å²) < 4.78 is 12.8. The third-order valence-electron chi connectivity index (χ3n) is 2.31. The first-order valence-electron chi connectivity index (χ1n) is 4.82. The Morgan fingerprint density at radius 2 is 2.00 bits per heavy atom. The minimum Gasteiger partial charge on any atom is -0.328 e. The lowest BCUT2D eigenvalue weighted by molar-refractivity contribution is 0.628. The Morgan fingerprint density at radius 3 is 2.65 bits per heavy atom. The van der Waals surface area contributed by atoms with E-state index in [1.807, 2.05) is 0 Å². The highest BCUT2D eigenvalue weighted by atomic mass is 35.5. The Morgan fingerprint density at radius 1 is 1.35 bits per heavy atom. The smallest absolute Gasteiger partial charge is 0.271 e. The third-order valence-corrected chi connectivity index (χ3v) is 2.65. The molecule has 1 heterocycles. The number of nitrogens with zero attached hydrogens (tertiary/aromatic N) is 2. The van der Waals surface area contributed by atoms with Crippen LogP contribution in [0.3, 0.4) is 0 Å². The second-order valence-electron chi connectivity index (χ2n) is 3.40. The van der Waals surface area contributed by atoms with Crippen LogP contribution in [0.1, 0.15) is 0 Å². The van der Waals surface area contributed by atoms with E-state index < -0.39 is 5.56 Å². The van der Waals surface area contributed by atoms with E-state index in [4.69, 9.17) is 11.6 Å². The van der Waals surface area contributed by atoms with Crippen LogP contribution in [0, 0.1) is 5.82 Å². The van der Waals surface area contributed by atoms with E-state index in [0.29, 0.717) is 11.5 Å². The predicted molar refractivity (Wildman–Crippen MR) is 64.3 cm³/mol. The molecular formula is C11H9ClFN3O. The van der Waals surface area contributed by atoms with Crippen LogP contribution >= 0.6 is 11.6 Å². The van der Waals surface area contributed by atoms with Crippen molar-refractivity contribution in [2.45, 2.75) is 0 Å². The van der Waals surface area contributed by atoms with Crippen molar-refractivity contribution < 1.29 is 4.39 Å². The standard InChI is InChI=1S/C11H9ClFN3O/c1-16(8-4-2-7(13)3-5-8)10-9(12)11(17)15-6-14-10/h2-6H,1H3,(H,14,15,17). The van der Waals surface area contributed by atoms with Gasteiger partial charge in [0.1, 0.15) is 10.8 Å². The van der Waals surface area contributed by atoms with Gasteiger partial charge in [0.25, 0.3) is 5.56 Å². The minimum absolute atomic E-state index is 0.000625. The maximum atomic E-state index is 12.8. The van der Waals surface area contributed by atoms with Crippen LogP contribution in [0.15, 0.2) is 35.4 Å². The van der Waals surface area contributed by atoms with Gasteiger partial charge >= 0.3 is 0 Å². The normalized spacial score (nSPS) is 10.3. The summed E-state index contributed by atoms with van der Waals surface area (Å²) >= 11 is 5.85. The molecule has 0 aliphatic carbocycles. The van der Waals surface area contributed by atoms with Crippen molar-refractivity contribution in [3.8, 4) is 0 Å². The van der Waals surface area contributed by atoms with Gasteiger partial charge in [-0.3, -0.25) is 4.79 Å². The molecule has 2 rings (SSSR count). The van der Waals surface area contributed by atoms with Crippen LogP contribution < -0.4 is 10.5 Å². The molecule has 0 aliphatic rings. The summed E-state index contributed by atoms with van der Waals surface area (Å²) in [5.74, 6) is -0.00543. The lowest BCUT2D eigenvalue weighted by Crippen LogP contribution is -2.17. The highest BCUT2D eigenvalue weighted by Crippen LogP contribution is 2.25. The number of hydrogen-bond acceptors (Lipinski definition) is 3. The van der Waals surface area contributed by atoms with Gasteiger partial charge in [-0.15, -0.1) is 0 Å². The Kier molecular flexibility index (Phi) is 3.10. The van der Waals surface area contributed by atoms with Crippen molar-refractivity contribution in [1.82, 2.24) is 9.97 Å². The molecule has 0 aliphatic heterocycles. The van der Waals surface area contributed by atoms with Gasteiger partial charge in [0.2, 0.25) is 0 Å². The molecule has 1 N–H and O–H groups in total. The highest BCUT2D eigenvalue weighted by molar-refractivity contribution is 6.32. The second-order valence-corrected chi connectivity index (χ2v) is 3.78. The monoisotopic (exact) mass is 253 g/mol. The number of halogens is 2. The number of benzene rings is 1. The molecule has 0 radical (unpaired) electrons. The van der Waals surface area contributed by atoms with Crippen molar-refractivity contribution in [2.24, 2.45) is 0 Å². The Bertz CT molecular complexity index is 582. The van der Waals surface area contributed by atoms with E-state index in [9.17, 15) is 9.18 Å². The zero-order valence-electron chi connectivity index (χ0n) is 8.95. The molecule has 0 unspecified atom stereocenters. The largest absolute Gasteiger partial charge is 0.328 e. The van der Waals surface area contributed by atoms with Crippen LogP contribution in [-0.2, 0) is 0 Å². The first-order valence-corrected chi connectivity index (χ1v) is 5.20. The van der Waals surface area contributed by atoms with E-state index in [1.54, 1.807) is 24.1 Å². The van der Waals surface area contributed by atoms with E-state index in [-0.39, 0.29) is 10.8 Å². The van der Waals surface area contributed by atoms with Crippen molar-refractivity contribution in [3.05, 3.63) is 51.8 Å². The molecule has 17 heavy (non-hydrogen) atoms. The summed E-state index contributed by atoms with van der Waals surface area (Å²) in [5.41, 5.74) is 0.275. The summed E-state index contributed by atoms with van der Waals surface area (Å²) in [6.07, 6.45) is 1.27. The van der Waals surface area contributed by atoms with E-state index >= 15 is 0 Å². The fraction of sp³-hybridized carbons (Fsp3) is 0.0909. The molecule has 0 saturated carbocycles. The number of rotatable bonds is 2. The van der Waals surface area contributed by atoms with Gasteiger partial charge in [-0.25, -0.2) is 9.37 Å². The lowest BCUT2D eigenvalue weighted by atomic mass is 10.3. The maximum absolute atomic E-state index is 12.8. The summed E-state index contributed by atoms with van der Waals surface area (Å²) in [6, 6.07) is 5.81. The fourth-order valence-corrected chi connectivity index (χ4v) is 1.62. The van der Waals surface area contributed by atoms with Crippen LogP contribution in [-0.4, -0.2) is 17.0 Å². The summed E-state index contributed by atoms with van der Waals surface area (Å²) in [7, 11) is 1.70. The summed E-state index contributed by atoms with van der Waals surface area (Å²) in [5, 5.41) is -0.000625. The number of anilines is 2. The molecule has 88 valence electrons. The van der Waals surface area contributed by atoms with Gasteiger partial charge in [0, 0.05) is 12.7 Å². The Hall–Kier alpha value is -1.88. The van der Waals surface area contributed by atoms with Crippen LogP contribution in [0.4, 0.5) is 15.9 Å². The number of nitrogens with one attached hydrogen (secondary N) is 1. The Balaban J connectivity index is 2.43. The molecule has 4 nitrogen and oxygen atoms in total. The quantitative estimate of drug-likeness (QED) is 0.894. The molecule has 6 heteroatoms. The third kappa shape index (κ3) is 2.29. The predicted octanol–water partition coefficient (Wildman–Crippen LogP) is 2.33. The van der Waals surface area contributed by atoms with Crippen molar-refractivity contribution in [3.63, 3.8) is 0 Å². The van der Waals surface area contributed by atoms with Crippen LogP contribution in [0.2, 0.25) is 5.02 Å². The Labute approximate surface area is 102 Å². The van der Waals surface area contributed by atoms with E-state index in [1.165, 1.54) is 18.5 Å². The van der Waals surface area contributed by atoms with E-state index in [2.05, 4.69) is 9.97 Å². The van der Waals surface area contributed by atoms with Crippen LogP contribution in [0.25, 0.3) is 0 Å². The van der Waals surface area contributed by atoms with Gasteiger partial charge in [0.05, 0.1) is 6.33 Å². The lowest BCUT2D eigenvalue weighted by Gasteiger charge is -2.18. The van der Waals surface area contributed by atoms with Crippen molar-refractivity contribution >= 4 is 23.1 Å². The highest BCUT2D eigenvalue weighted by Gasteiger charge is 2.12. The average molecular weight is 254 g/mol. The van der Waals surface area contributed by atoms with Gasteiger partial charge < -0.3 is 9.88 Å². The zero-order valence-corrected chi connectivity index (χ0v) is 9.70.